The molecule has 214 valence electrons. The van der Waals surface area contributed by atoms with Gasteiger partial charge in [0.1, 0.15) is 0 Å². The van der Waals surface area contributed by atoms with E-state index in [2.05, 4.69) is 15.5 Å². The van der Waals surface area contributed by atoms with Crippen LogP contribution < -0.4 is 5.32 Å². The molecule has 3 aromatic carbocycles. The zero-order chi connectivity index (χ0) is 29.5. The van der Waals surface area contributed by atoms with Gasteiger partial charge in [0.05, 0.1) is 17.4 Å². The van der Waals surface area contributed by atoms with Gasteiger partial charge in [-0.05, 0) is 78.4 Å². The molecule has 1 aromatic heterocycles. The molecular weight excluding hydrogens is 602 g/mol. The van der Waals surface area contributed by atoms with E-state index in [9.17, 15) is 26.7 Å². The van der Waals surface area contributed by atoms with Crippen LogP contribution in [-0.4, -0.2) is 24.8 Å². The standard InChI is InChI=1S/C28H22Cl2F3N3O4S/c1-15(41(38)39)17-4-2-16(3-5-17)12-23(37)34-20-13-21(29)24(22(30)14-20)27(10-11-27)26-35-25(40-36-26)18-6-8-19(9-7-18)28(31,32)33/h2-9,13-15H,10-12H2,1H3,(H,34,37)(H,38,39)/p-1. The maximum atomic E-state index is 12.9. The summed E-state index contributed by atoms with van der Waals surface area (Å²) in [5, 5.41) is 6.76. The van der Waals surface area contributed by atoms with Gasteiger partial charge in [0.2, 0.25) is 5.91 Å². The van der Waals surface area contributed by atoms with E-state index < -0.39 is 33.5 Å². The van der Waals surface area contributed by atoms with Gasteiger partial charge in [-0.3, -0.25) is 9.00 Å². The second-order valence-corrected chi connectivity index (χ2v) is 11.8. The Balaban J connectivity index is 1.30. The van der Waals surface area contributed by atoms with Gasteiger partial charge in [-0.25, -0.2) is 0 Å². The van der Waals surface area contributed by atoms with Crippen molar-refractivity contribution >= 4 is 45.9 Å². The molecule has 4 aromatic rings. The maximum Gasteiger partial charge on any atom is 0.416 e. The second-order valence-electron chi connectivity index (χ2n) is 9.76. The molecule has 13 heteroatoms. The van der Waals surface area contributed by atoms with E-state index in [1.165, 1.54) is 12.1 Å². The minimum atomic E-state index is -4.46. The first-order valence-electron chi connectivity index (χ1n) is 12.4. The molecule has 1 N–H and O–H groups in total. The van der Waals surface area contributed by atoms with Gasteiger partial charge in [0.25, 0.3) is 5.89 Å². The molecule has 1 fully saturated rings. The summed E-state index contributed by atoms with van der Waals surface area (Å²) in [5.74, 6) is 0.0602. The number of hydrogen-bond acceptors (Lipinski definition) is 6. The van der Waals surface area contributed by atoms with Gasteiger partial charge in [-0.2, -0.15) is 18.2 Å². The van der Waals surface area contributed by atoms with Gasteiger partial charge < -0.3 is 14.4 Å². The molecule has 0 aliphatic heterocycles. The van der Waals surface area contributed by atoms with E-state index in [0.717, 1.165) is 12.1 Å². The van der Waals surface area contributed by atoms with Crippen LogP contribution in [-0.2, 0) is 33.9 Å². The summed E-state index contributed by atoms with van der Waals surface area (Å²) in [6.07, 6.45) is -3.16. The van der Waals surface area contributed by atoms with Crippen LogP contribution in [0.25, 0.3) is 11.5 Å². The van der Waals surface area contributed by atoms with Crippen molar-refractivity contribution in [3.63, 3.8) is 0 Å². The third-order valence-corrected chi connectivity index (χ3v) is 8.42. The second kappa shape index (κ2) is 11.2. The number of carbonyl (C=O) groups is 1. The third-order valence-electron chi connectivity index (χ3n) is 6.97. The highest BCUT2D eigenvalue weighted by Crippen LogP contribution is 2.57. The largest absolute Gasteiger partial charge is 0.772 e. The number of anilines is 1. The number of hydrogen-bond donors (Lipinski definition) is 1. The number of halogens is 5. The fourth-order valence-electron chi connectivity index (χ4n) is 4.56. The summed E-state index contributed by atoms with van der Waals surface area (Å²) in [5.41, 5.74) is 1.10. The monoisotopic (exact) mass is 622 g/mol. The summed E-state index contributed by atoms with van der Waals surface area (Å²) in [6, 6.07) is 14.3. The number of rotatable bonds is 8. The molecule has 1 saturated carbocycles. The van der Waals surface area contributed by atoms with E-state index in [4.69, 9.17) is 27.7 Å². The lowest BCUT2D eigenvalue weighted by Crippen LogP contribution is -2.16. The molecule has 5 rings (SSSR count). The highest BCUT2D eigenvalue weighted by atomic mass is 35.5. The molecule has 0 radical (unpaired) electrons. The van der Waals surface area contributed by atoms with E-state index >= 15 is 0 Å². The molecule has 1 amide bonds. The summed E-state index contributed by atoms with van der Waals surface area (Å²) in [4.78, 5) is 17.1. The van der Waals surface area contributed by atoms with Crippen LogP contribution in [0.1, 0.15) is 53.1 Å². The van der Waals surface area contributed by atoms with Crippen LogP contribution in [0.2, 0.25) is 10.0 Å². The van der Waals surface area contributed by atoms with Crippen molar-refractivity contribution in [3.8, 4) is 11.5 Å². The highest BCUT2D eigenvalue weighted by molar-refractivity contribution is 7.79. The Morgan fingerprint density at radius 1 is 1.10 bits per heavy atom. The van der Waals surface area contributed by atoms with Gasteiger partial charge in [-0.1, -0.05) is 52.6 Å². The van der Waals surface area contributed by atoms with Crippen LogP contribution in [0.4, 0.5) is 18.9 Å². The lowest BCUT2D eigenvalue weighted by molar-refractivity contribution is -0.137. The Hall–Kier alpha value is -3.25. The molecule has 1 aliphatic rings. The first-order chi connectivity index (χ1) is 19.4. The summed E-state index contributed by atoms with van der Waals surface area (Å²) in [7, 11) is 0. The Labute approximate surface area is 245 Å². The average molecular weight is 623 g/mol. The lowest BCUT2D eigenvalue weighted by Gasteiger charge is -2.17. The van der Waals surface area contributed by atoms with Gasteiger partial charge in [0, 0.05) is 32.1 Å². The van der Waals surface area contributed by atoms with Crippen LogP contribution in [0.15, 0.2) is 65.2 Å². The predicted molar refractivity (Wildman–Crippen MR) is 147 cm³/mol. The quantitative estimate of drug-likeness (QED) is 0.207. The van der Waals surface area contributed by atoms with E-state index in [-0.39, 0.29) is 28.3 Å². The van der Waals surface area contributed by atoms with Crippen LogP contribution in [0.3, 0.4) is 0 Å². The number of nitrogens with one attached hydrogen (secondary N) is 1. The molecule has 41 heavy (non-hydrogen) atoms. The number of alkyl halides is 3. The molecule has 7 nitrogen and oxygen atoms in total. The first-order valence-corrected chi connectivity index (χ1v) is 14.2. The zero-order valence-corrected chi connectivity index (χ0v) is 23.6. The smallest absolute Gasteiger partial charge is 0.416 e. The SMILES string of the molecule is CC(c1ccc(CC(=O)Nc2cc(Cl)c(C3(c4noc(-c5ccc(C(F)(F)F)cc5)n4)CC3)c(Cl)c2)cc1)S(=O)[O-]. The van der Waals surface area contributed by atoms with Crippen molar-refractivity contribution in [2.24, 2.45) is 0 Å². The number of benzene rings is 3. The van der Waals surface area contributed by atoms with Crippen molar-refractivity contribution in [2.45, 2.75) is 43.0 Å². The Morgan fingerprint density at radius 3 is 2.24 bits per heavy atom. The Kier molecular flexibility index (Phi) is 7.99. The summed E-state index contributed by atoms with van der Waals surface area (Å²) in [6.45, 7) is 1.57. The van der Waals surface area contributed by atoms with Crippen LogP contribution in [0.5, 0.6) is 0 Å². The topological polar surface area (TPSA) is 108 Å². The van der Waals surface area contributed by atoms with Crippen LogP contribution >= 0.6 is 23.2 Å². The molecule has 0 bridgehead atoms. The third kappa shape index (κ3) is 6.18. The Bertz CT molecular complexity index is 1600. The molecule has 0 saturated heterocycles. The summed E-state index contributed by atoms with van der Waals surface area (Å²) < 4.78 is 66.4. The van der Waals surface area contributed by atoms with Crippen molar-refractivity contribution in [3.05, 3.63) is 98.8 Å². The lowest BCUT2D eigenvalue weighted by atomic mass is 9.94. The van der Waals surface area contributed by atoms with Crippen LogP contribution in [0, 0.1) is 0 Å². The number of nitrogens with zero attached hydrogens (tertiary/aromatic N) is 2. The van der Waals surface area contributed by atoms with E-state index in [1.807, 2.05) is 0 Å². The number of amides is 1. The number of aromatic nitrogens is 2. The van der Waals surface area contributed by atoms with Gasteiger partial charge >= 0.3 is 6.18 Å². The van der Waals surface area contributed by atoms with E-state index in [0.29, 0.717) is 46.6 Å². The predicted octanol–water partition coefficient (Wildman–Crippen LogP) is 7.26. The van der Waals surface area contributed by atoms with Gasteiger partial charge in [0.15, 0.2) is 5.82 Å². The van der Waals surface area contributed by atoms with Crippen molar-refractivity contribution in [1.29, 1.82) is 0 Å². The van der Waals surface area contributed by atoms with Crippen molar-refractivity contribution in [1.82, 2.24) is 10.1 Å². The summed E-state index contributed by atoms with van der Waals surface area (Å²) >= 11 is 11.0. The molecule has 0 spiro atoms. The maximum absolute atomic E-state index is 12.9. The zero-order valence-electron chi connectivity index (χ0n) is 21.3. The van der Waals surface area contributed by atoms with Crippen molar-refractivity contribution in [2.75, 3.05) is 5.32 Å². The van der Waals surface area contributed by atoms with Gasteiger partial charge in [-0.15, -0.1) is 0 Å². The Morgan fingerprint density at radius 2 is 1.71 bits per heavy atom. The van der Waals surface area contributed by atoms with Crippen molar-refractivity contribution < 1.29 is 31.3 Å². The van der Waals surface area contributed by atoms with E-state index in [1.54, 1.807) is 43.3 Å². The molecule has 2 atom stereocenters. The number of carbonyl (C=O) groups excluding carboxylic acids is 1. The molecule has 1 aliphatic carbocycles. The molecule has 2 unspecified atom stereocenters. The average Bonchev–Trinajstić information content (AvgIpc) is 3.53. The minimum absolute atomic E-state index is 0.0473. The fourth-order valence-corrected chi connectivity index (χ4v) is 5.79. The normalized spacial score (nSPS) is 15.8. The minimum Gasteiger partial charge on any atom is -0.772 e. The molecular formula is C28H21Cl2F3N3O4S-. The molecule has 1 heterocycles. The fraction of sp³-hybridized carbons (Fsp3) is 0.250. The first kappa shape index (κ1) is 29.2. The highest BCUT2D eigenvalue weighted by Gasteiger charge is 2.52.